The SMILES string of the molecule is CC(CC(=O)N1CCC(F)(C(=O)O)C1)c1ccccc1C(F)(F)F. The molecule has 1 fully saturated rings. The Morgan fingerprint density at radius 2 is 1.96 bits per heavy atom. The molecule has 8 heteroatoms. The summed E-state index contributed by atoms with van der Waals surface area (Å²) in [4.78, 5) is 24.1. The predicted molar refractivity (Wildman–Crippen MR) is 77.1 cm³/mol. The van der Waals surface area contributed by atoms with Crippen LogP contribution in [0.4, 0.5) is 17.6 Å². The number of amides is 1. The van der Waals surface area contributed by atoms with Crippen LogP contribution in [0.2, 0.25) is 0 Å². The molecule has 2 atom stereocenters. The minimum Gasteiger partial charge on any atom is -0.479 e. The van der Waals surface area contributed by atoms with Crippen LogP contribution >= 0.6 is 0 Å². The number of hydrogen-bond acceptors (Lipinski definition) is 2. The first kappa shape index (κ1) is 18.2. The first-order valence-electron chi connectivity index (χ1n) is 7.41. The monoisotopic (exact) mass is 347 g/mol. The average Bonchev–Trinajstić information content (AvgIpc) is 2.90. The standard InChI is InChI=1S/C16H17F4NO3/c1-10(11-4-2-3-5-12(11)16(18,19)20)8-13(22)21-7-6-15(17,9-21)14(23)24/h2-5,10H,6-9H2,1H3,(H,23,24). The molecule has 1 aliphatic rings. The van der Waals surface area contributed by atoms with Crippen LogP contribution in [0, 0.1) is 0 Å². The molecular formula is C16H17F4NO3. The second-order valence-electron chi connectivity index (χ2n) is 6.03. The van der Waals surface area contributed by atoms with Crippen LogP contribution in [0.3, 0.4) is 0 Å². The lowest BCUT2D eigenvalue weighted by Gasteiger charge is -2.22. The third kappa shape index (κ3) is 3.68. The number of carboxylic acids is 1. The zero-order valence-corrected chi connectivity index (χ0v) is 12.9. The van der Waals surface area contributed by atoms with E-state index in [1.165, 1.54) is 25.1 Å². The van der Waals surface area contributed by atoms with E-state index in [-0.39, 0.29) is 24.9 Å². The summed E-state index contributed by atoms with van der Waals surface area (Å²) in [6.07, 6.45) is -5.09. The molecule has 1 heterocycles. The van der Waals surface area contributed by atoms with Gasteiger partial charge in [-0.25, -0.2) is 9.18 Å². The van der Waals surface area contributed by atoms with Gasteiger partial charge in [0.25, 0.3) is 0 Å². The van der Waals surface area contributed by atoms with Crippen LogP contribution < -0.4 is 0 Å². The van der Waals surface area contributed by atoms with E-state index in [2.05, 4.69) is 0 Å². The van der Waals surface area contributed by atoms with E-state index in [9.17, 15) is 27.2 Å². The molecule has 1 aromatic rings. The molecule has 132 valence electrons. The molecule has 0 bridgehead atoms. The molecule has 1 amide bonds. The maximum Gasteiger partial charge on any atom is 0.416 e. The van der Waals surface area contributed by atoms with Crippen LogP contribution in [0.25, 0.3) is 0 Å². The Labute approximate surface area is 136 Å². The number of likely N-dealkylation sites (tertiary alicyclic amines) is 1. The van der Waals surface area contributed by atoms with E-state index >= 15 is 0 Å². The van der Waals surface area contributed by atoms with Gasteiger partial charge >= 0.3 is 12.1 Å². The highest BCUT2D eigenvalue weighted by molar-refractivity contribution is 5.82. The summed E-state index contributed by atoms with van der Waals surface area (Å²) in [5.74, 6) is -2.91. The number of carbonyl (C=O) groups is 2. The molecule has 1 N–H and O–H groups in total. The van der Waals surface area contributed by atoms with Gasteiger partial charge in [0.15, 0.2) is 0 Å². The maximum absolute atomic E-state index is 14.0. The highest BCUT2D eigenvalue weighted by atomic mass is 19.4. The van der Waals surface area contributed by atoms with Crippen molar-refractivity contribution in [2.75, 3.05) is 13.1 Å². The van der Waals surface area contributed by atoms with Gasteiger partial charge in [-0.15, -0.1) is 0 Å². The second-order valence-corrected chi connectivity index (χ2v) is 6.03. The van der Waals surface area contributed by atoms with Crippen LogP contribution in [0.1, 0.15) is 36.8 Å². The lowest BCUT2D eigenvalue weighted by atomic mass is 9.92. The smallest absolute Gasteiger partial charge is 0.416 e. The fourth-order valence-electron chi connectivity index (χ4n) is 2.85. The van der Waals surface area contributed by atoms with E-state index in [1.807, 2.05) is 0 Å². The zero-order valence-electron chi connectivity index (χ0n) is 12.9. The third-order valence-electron chi connectivity index (χ3n) is 4.23. The summed E-state index contributed by atoms with van der Waals surface area (Å²) >= 11 is 0. The quantitative estimate of drug-likeness (QED) is 0.851. The molecule has 0 aromatic heterocycles. The molecule has 0 spiro atoms. The lowest BCUT2D eigenvalue weighted by Crippen LogP contribution is -2.39. The zero-order chi connectivity index (χ0) is 18.1. The summed E-state index contributed by atoms with van der Waals surface area (Å²) in [7, 11) is 0. The van der Waals surface area contributed by atoms with Crippen molar-refractivity contribution in [1.29, 1.82) is 0 Å². The van der Waals surface area contributed by atoms with Gasteiger partial charge in [-0.2, -0.15) is 13.2 Å². The topological polar surface area (TPSA) is 57.6 Å². The van der Waals surface area contributed by atoms with Gasteiger partial charge in [-0.3, -0.25) is 4.79 Å². The summed E-state index contributed by atoms with van der Waals surface area (Å²) in [6, 6.07) is 4.98. The number of carboxylic acid groups (broad SMARTS) is 1. The van der Waals surface area contributed by atoms with Crippen molar-refractivity contribution in [3.05, 3.63) is 35.4 Å². The van der Waals surface area contributed by atoms with E-state index in [0.29, 0.717) is 0 Å². The summed E-state index contributed by atoms with van der Waals surface area (Å²) in [5, 5.41) is 8.82. The first-order valence-corrected chi connectivity index (χ1v) is 7.41. The molecule has 0 radical (unpaired) electrons. The molecule has 1 saturated heterocycles. The molecule has 0 saturated carbocycles. The minimum atomic E-state index is -4.53. The van der Waals surface area contributed by atoms with Gasteiger partial charge in [0, 0.05) is 19.4 Å². The Hall–Kier alpha value is -2.12. The highest BCUT2D eigenvalue weighted by Gasteiger charge is 2.47. The van der Waals surface area contributed by atoms with Crippen molar-refractivity contribution in [3.63, 3.8) is 0 Å². The van der Waals surface area contributed by atoms with E-state index in [1.54, 1.807) is 0 Å². The number of hydrogen-bond donors (Lipinski definition) is 1. The predicted octanol–water partition coefficient (Wildman–Crippen LogP) is 3.22. The van der Waals surface area contributed by atoms with Crippen molar-refractivity contribution in [1.82, 2.24) is 4.90 Å². The Kier molecular flexibility index (Phi) is 4.87. The Balaban J connectivity index is 2.10. The minimum absolute atomic E-state index is 0.0118. The number of halogens is 4. The van der Waals surface area contributed by atoms with E-state index in [0.717, 1.165) is 11.0 Å². The van der Waals surface area contributed by atoms with Crippen LogP contribution in [0.15, 0.2) is 24.3 Å². The van der Waals surface area contributed by atoms with Crippen LogP contribution in [-0.2, 0) is 15.8 Å². The molecule has 4 nitrogen and oxygen atoms in total. The number of rotatable bonds is 4. The number of nitrogens with zero attached hydrogens (tertiary/aromatic N) is 1. The number of benzene rings is 1. The van der Waals surface area contributed by atoms with Gasteiger partial charge in [0.05, 0.1) is 12.1 Å². The normalized spacial score (nSPS) is 22.5. The lowest BCUT2D eigenvalue weighted by molar-refractivity contribution is -0.150. The van der Waals surface area contributed by atoms with Gasteiger partial charge in [-0.05, 0) is 17.5 Å². The van der Waals surface area contributed by atoms with Gasteiger partial charge < -0.3 is 10.0 Å². The highest BCUT2D eigenvalue weighted by Crippen LogP contribution is 2.36. The molecular weight excluding hydrogens is 330 g/mol. The molecule has 2 rings (SSSR count). The number of carbonyl (C=O) groups excluding carboxylic acids is 1. The number of alkyl halides is 4. The van der Waals surface area contributed by atoms with Crippen LogP contribution in [0.5, 0.6) is 0 Å². The molecule has 1 aromatic carbocycles. The fraction of sp³-hybridized carbons (Fsp3) is 0.500. The Bertz CT molecular complexity index is 646. The van der Waals surface area contributed by atoms with Crippen molar-refractivity contribution in [3.8, 4) is 0 Å². The average molecular weight is 347 g/mol. The van der Waals surface area contributed by atoms with E-state index in [4.69, 9.17) is 5.11 Å². The summed E-state index contributed by atoms with van der Waals surface area (Å²) in [6.45, 7) is 0.850. The molecule has 1 aliphatic heterocycles. The largest absolute Gasteiger partial charge is 0.479 e. The second kappa shape index (κ2) is 6.41. The van der Waals surface area contributed by atoms with Crippen molar-refractivity contribution in [2.45, 2.75) is 37.5 Å². The molecule has 0 aliphatic carbocycles. The van der Waals surface area contributed by atoms with Crippen molar-refractivity contribution < 1.29 is 32.3 Å². The Morgan fingerprint density at radius 1 is 1.33 bits per heavy atom. The van der Waals surface area contributed by atoms with E-state index < -0.39 is 41.7 Å². The third-order valence-corrected chi connectivity index (χ3v) is 4.23. The molecule has 2 unspecified atom stereocenters. The van der Waals surface area contributed by atoms with Gasteiger partial charge in [0.2, 0.25) is 11.6 Å². The van der Waals surface area contributed by atoms with Gasteiger partial charge in [0.1, 0.15) is 0 Å². The Morgan fingerprint density at radius 3 is 2.50 bits per heavy atom. The number of aliphatic carboxylic acids is 1. The summed E-state index contributed by atoms with van der Waals surface area (Å²) in [5.41, 5.74) is -3.30. The first-order chi connectivity index (χ1) is 11.0. The van der Waals surface area contributed by atoms with Crippen LogP contribution in [-0.4, -0.2) is 40.6 Å². The fourth-order valence-corrected chi connectivity index (χ4v) is 2.85. The van der Waals surface area contributed by atoms with Crippen molar-refractivity contribution in [2.24, 2.45) is 0 Å². The summed E-state index contributed by atoms with van der Waals surface area (Å²) < 4.78 is 53.1. The molecule has 24 heavy (non-hydrogen) atoms. The van der Waals surface area contributed by atoms with Crippen molar-refractivity contribution >= 4 is 11.9 Å². The maximum atomic E-state index is 14.0. The van der Waals surface area contributed by atoms with Gasteiger partial charge in [-0.1, -0.05) is 25.1 Å².